The number of amides is 1. The number of hydrogen-bond donors (Lipinski definition) is 1. The molecule has 0 aromatic heterocycles. The largest absolute Gasteiger partial charge is 0.492 e. The van der Waals surface area contributed by atoms with Crippen LogP contribution < -0.4 is 15.0 Å². The highest BCUT2D eigenvalue weighted by atomic mass is 16.5. The minimum absolute atomic E-state index is 0.0144. The Labute approximate surface area is 211 Å². The first-order chi connectivity index (χ1) is 16.9. The molecular weight excluding hydrogens is 438 g/mol. The second-order valence-electron chi connectivity index (χ2n) is 9.42. The summed E-state index contributed by atoms with van der Waals surface area (Å²) < 4.78 is 6.10. The molecule has 192 valence electrons. The van der Waals surface area contributed by atoms with E-state index in [0.29, 0.717) is 31.8 Å². The summed E-state index contributed by atoms with van der Waals surface area (Å²) in [5, 5.41) is 3.40. The summed E-state index contributed by atoms with van der Waals surface area (Å²) in [7, 11) is 2.02. The smallest absolute Gasteiger partial charge is 0.262 e. The maximum Gasteiger partial charge on any atom is 0.262 e. The van der Waals surface area contributed by atoms with E-state index in [1.54, 1.807) is 0 Å². The van der Waals surface area contributed by atoms with Gasteiger partial charge in [-0.2, -0.15) is 0 Å². The van der Waals surface area contributed by atoms with Crippen molar-refractivity contribution in [3.63, 3.8) is 0 Å². The van der Waals surface area contributed by atoms with Gasteiger partial charge in [-0.1, -0.05) is 25.0 Å². The Kier molecular flexibility index (Phi) is 10.2. The molecule has 0 unspecified atom stereocenters. The van der Waals surface area contributed by atoms with E-state index < -0.39 is 0 Å². The Bertz CT molecular complexity index is 946. The molecule has 2 heterocycles. The first-order valence-corrected chi connectivity index (χ1v) is 13.1. The number of benzene rings is 1. The summed E-state index contributed by atoms with van der Waals surface area (Å²) in [6.45, 7) is 14.0. The van der Waals surface area contributed by atoms with E-state index in [1.807, 2.05) is 56.1 Å². The molecule has 0 atom stereocenters. The van der Waals surface area contributed by atoms with Crippen molar-refractivity contribution in [3.05, 3.63) is 47.3 Å². The van der Waals surface area contributed by atoms with Gasteiger partial charge in [0.15, 0.2) is 0 Å². The van der Waals surface area contributed by atoms with Crippen LogP contribution in [0.15, 0.2) is 52.3 Å². The number of likely N-dealkylation sites (tertiary alicyclic amines) is 1. The van der Waals surface area contributed by atoms with Crippen molar-refractivity contribution in [1.29, 1.82) is 0 Å². The van der Waals surface area contributed by atoms with Gasteiger partial charge < -0.3 is 19.9 Å². The van der Waals surface area contributed by atoms with E-state index >= 15 is 0 Å². The van der Waals surface area contributed by atoms with Crippen LogP contribution in [0.25, 0.3) is 0 Å². The molecule has 7 heteroatoms. The fourth-order valence-corrected chi connectivity index (χ4v) is 4.47. The lowest BCUT2D eigenvalue weighted by Gasteiger charge is -2.26. The van der Waals surface area contributed by atoms with Gasteiger partial charge in [-0.05, 0) is 71.3 Å². The summed E-state index contributed by atoms with van der Waals surface area (Å²) in [4.78, 5) is 24.8. The molecule has 1 aromatic carbocycles. The van der Waals surface area contributed by atoms with Crippen LogP contribution in [0, 0.1) is 0 Å². The molecule has 1 N–H and O–H groups in total. The minimum atomic E-state index is -0.0144. The highest BCUT2D eigenvalue weighted by Crippen LogP contribution is 2.26. The number of allylic oxidation sites excluding steroid dienone is 1. The topological polar surface area (TPSA) is 60.4 Å². The second kappa shape index (κ2) is 13.3. The van der Waals surface area contributed by atoms with Crippen LogP contribution in [-0.4, -0.2) is 74.5 Å². The third-order valence-corrected chi connectivity index (χ3v) is 6.67. The highest BCUT2D eigenvalue weighted by Gasteiger charge is 2.28. The van der Waals surface area contributed by atoms with Crippen LogP contribution >= 0.6 is 0 Å². The summed E-state index contributed by atoms with van der Waals surface area (Å²) in [5.74, 6) is 2.40. The number of rotatable bonds is 9. The van der Waals surface area contributed by atoms with Crippen LogP contribution in [0.4, 0.5) is 5.69 Å². The maximum absolute atomic E-state index is 13.9. The first-order valence-electron chi connectivity index (χ1n) is 13.1. The number of carbonyl (C=O) groups is 1. The zero-order chi connectivity index (χ0) is 25.2. The van der Waals surface area contributed by atoms with Gasteiger partial charge >= 0.3 is 0 Å². The molecule has 7 nitrogen and oxygen atoms in total. The molecule has 1 fully saturated rings. The van der Waals surface area contributed by atoms with Crippen molar-refractivity contribution in [3.8, 4) is 5.75 Å². The molecule has 1 amide bonds. The van der Waals surface area contributed by atoms with Crippen molar-refractivity contribution in [2.75, 3.05) is 57.8 Å². The van der Waals surface area contributed by atoms with Gasteiger partial charge in [-0.3, -0.25) is 14.7 Å². The number of piperidine rings is 1. The second-order valence-corrected chi connectivity index (χ2v) is 9.42. The van der Waals surface area contributed by atoms with Gasteiger partial charge in [0.25, 0.3) is 5.91 Å². The summed E-state index contributed by atoms with van der Waals surface area (Å²) in [5.41, 5.74) is 2.67. The fraction of sp³-hybridized carbons (Fsp3) is 0.571. The van der Waals surface area contributed by atoms with Gasteiger partial charge in [0.05, 0.1) is 11.4 Å². The third kappa shape index (κ3) is 7.59. The van der Waals surface area contributed by atoms with Gasteiger partial charge in [0, 0.05) is 45.0 Å². The SMILES string of the molecule is CCN=C(C)NC1=C(/C=C(/C)CC)C(=O)N(c2cccc(OCCN3CCCCC3)c2)CCN1C. The highest BCUT2D eigenvalue weighted by molar-refractivity contribution is 6.08. The van der Waals surface area contributed by atoms with Gasteiger partial charge in [-0.15, -0.1) is 0 Å². The third-order valence-electron chi connectivity index (χ3n) is 6.67. The van der Waals surface area contributed by atoms with Gasteiger partial charge in [0.2, 0.25) is 0 Å². The minimum Gasteiger partial charge on any atom is -0.492 e. The van der Waals surface area contributed by atoms with E-state index in [0.717, 1.165) is 54.7 Å². The van der Waals surface area contributed by atoms with E-state index in [-0.39, 0.29) is 5.91 Å². The van der Waals surface area contributed by atoms with Crippen LogP contribution in [0.3, 0.4) is 0 Å². The first kappa shape index (κ1) is 26.8. The number of aliphatic imine (C=N–C) groups is 1. The lowest BCUT2D eigenvalue weighted by Crippen LogP contribution is -2.35. The monoisotopic (exact) mass is 481 g/mol. The number of nitrogens with one attached hydrogen (secondary N) is 1. The van der Waals surface area contributed by atoms with Crippen molar-refractivity contribution >= 4 is 17.4 Å². The number of amidine groups is 1. The summed E-state index contributed by atoms with van der Waals surface area (Å²) in [6, 6.07) is 7.93. The Morgan fingerprint density at radius 1 is 1.11 bits per heavy atom. The summed E-state index contributed by atoms with van der Waals surface area (Å²) in [6.07, 6.45) is 6.80. The average molecular weight is 482 g/mol. The Balaban J connectivity index is 1.83. The van der Waals surface area contributed by atoms with Crippen LogP contribution in [-0.2, 0) is 4.79 Å². The summed E-state index contributed by atoms with van der Waals surface area (Å²) >= 11 is 0. The molecule has 1 saturated heterocycles. The zero-order valence-electron chi connectivity index (χ0n) is 22.3. The van der Waals surface area contributed by atoms with E-state index in [1.165, 1.54) is 19.3 Å². The number of hydrogen-bond acceptors (Lipinski definition) is 5. The molecule has 0 aliphatic carbocycles. The lowest BCUT2D eigenvalue weighted by molar-refractivity contribution is -0.114. The fourth-order valence-electron chi connectivity index (χ4n) is 4.47. The Morgan fingerprint density at radius 3 is 2.60 bits per heavy atom. The predicted molar refractivity (Wildman–Crippen MR) is 145 cm³/mol. The Hall–Kier alpha value is -2.80. The Morgan fingerprint density at radius 2 is 1.89 bits per heavy atom. The van der Waals surface area contributed by atoms with Gasteiger partial charge in [0.1, 0.15) is 18.2 Å². The number of anilines is 1. The zero-order valence-corrected chi connectivity index (χ0v) is 22.3. The molecule has 3 rings (SSSR count). The quantitative estimate of drug-likeness (QED) is 0.418. The molecule has 0 saturated carbocycles. The molecule has 2 aliphatic heterocycles. The maximum atomic E-state index is 13.9. The number of nitrogens with zero attached hydrogens (tertiary/aromatic N) is 4. The normalized spacial score (nSPS) is 18.7. The molecule has 2 aliphatic rings. The molecule has 0 spiro atoms. The average Bonchev–Trinajstić information content (AvgIpc) is 2.97. The van der Waals surface area contributed by atoms with Crippen LogP contribution in [0.2, 0.25) is 0 Å². The molecule has 0 bridgehead atoms. The van der Waals surface area contributed by atoms with E-state index in [2.05, 4.69) is 34.0 Å². The number of ether oxygens (including phenoxy) is 1. The molecule has 1 aromatic rings. The van der Waals surface area contributed by atoms with Gasteiger partial charge in [-0.25, -0.2) is 0 Å². The van der Waals surface area contributed by atoms with Crippen LogP contribution in [0.5, 0.6) is 5.75 Å². The molecular formula is C28H43N5O2. The van der Waals surface area contributed by atoms with E-state index in [9.17, 15) is 4.79 Å². The van der Waals surface area contributed by atoms with Crippen molar-refractivity contribution < 1.29 is 9.53 Å². The van der Waals surface area contributed by atoms with Crippen molar-refractivity contribution in [2.45, 2.75) is 53.4 Å². The van der Waals surface area contributed by atoms with Crippen LogP contribution in [0.1, 0.15) is 53.4 Å². The molecule has 0 radical (unpaired) electrons. The standard InChI is InChI=1S/C28H43N5O2/c1-6-22(3)20-26-27(30-23(4)29-7-2)31(5)16-17-33(28(26)34)24-12-11-13-25(21-24)35-19-18-32-14-9-8-10-15-32/h11-13,20-21H,6-10,14-19H2,1-5H3,(H,29,30)/b22-20-. The predicted octanol–water partition coefficient (Wildman–Crippen LogP) is 4.43. The lowest BCUT2D eigenvalue weighted by atomic mass is 10.1. The van der Waals surface area contributed by atoms with Crippen molar-refractivity contribution in [2.24, 2.45) is 4.99 Å². The molecule has 35 heavy (non-hydrogen) atoms. The van der Waals surface area contributed by atoms with Crippen molar-refractivity contribution in [1.82, 2.24) is 15.1 Å². The number of carbonyl (C=O) groups excluding carboxylic acids is 1. The van der Waals surface area contributed by atoms with E-state index in [4.69, 9.17) is 4.74 Å². The number of likely N-dealkylation sites (N-methyl/N-ethyl adjacent to an activating group) is 1.